The first kappa shape index (κ1) is 114. The van der Waals surface area contributed by atoms with Crippen LogP contribution >= 0.6 is 0 Å². The Kier molecular flexibility index (Phi) is 41.0. The van der Waals surface area contributed by atoms with Gasteiger partial charge in [-0.05, 0) is 0 Å². The Labute approximate surface area is 784 Å². The number of aliphatic hydroxyl groups excluding tert-OH is 36. The third-order valence-electron chi connectivity index (χ3n) is 25.9. The molecule has 0 bridgehead atoms. The van der Waals surface area contributed by atoms with Gasteiger partial charge in [0.1, 0.15) is 293 Å². The molecule has 1 unspecified atom stereocenters. The smallest absolute Gasteiger partial charge is 0.217 e. The summed E-state index contributed by atoms with van der Waals surface area (Å²) >= 11 is 0. The highest BCUT2D eigenvalue weighted by molar-refractivity contribution is 5.73. The van der Waals surface area contributed by atoms with E-state index in [1.807, 2.05) is 0 Å². The molecular formula is C76H128N2O61. The SMILES string of the molecule is CC(=O)N[C@H]1[C@H](O[C@H]2[C@H](O)[C@@H](NC(C)=O)C(O)O[C@@H]2CO)O[C@H](CO)[C@@H](O[C@@H]2O[C@H](CO[C@H]3O[C@H](CO)[C@@H](O)[C@H](O[C@H]4O[C@H](CO)[C@@H](O)[C@@H](O)[C@@H]4O[C@H]4O[C@H](CO)[C@@H](O)[C@H](O)[C@@H]4O)[C@@H]3O)[C@@H](O)[C@H](O[C@H]3O[C@H](CO)[C@@H](O)[C@H](O)[C@@H]3O[C@H]3O[C@H](CO)[C@@H](O)[C@H](O)[C@@H]3O[C@H]3O[C@H](CO)[C@@H](O)[C@H](O[C@H]4O[C@H](CO)[C@@H](O)[C@H](O[C@H]5O[C@H](CO)[C@@H](O)[C@H](O)[C@H]5O[C@H]5O[C@H](CO)[C@@H](O)[C@H](O)[C@H]5O)[C@H]4O)[C@@H]3O)[C@@H]2O)[C@@H]1O. The third kappa shape index (κ3) is 24.4. The Balaban J connectivity index is 0.838. The molecule has 12 heterocycles. The lowest BCUT2D eigenvalue weighted by atomic mass is 9.94. The maximum Gasteiger partial charge on any atom is 0.217 e. The molecule has 0 aromatic heterocycles. The molecule has 0 aromatic rings. The van der Waals surface area contributed by atoms with Gasteiger partial charge in [0.2, 0.25) is 11.8 Å². The Morgan fingerprint density at radius 3 is 0.698 bits per heavy atom. The van der Waals surface area contributed by atoms with Gasteiger partial charge in [-0.3, -0.25) is 9.59 Å². The molecule has 38 N–H and O–H groups in total. The molecule has 139 heavy (non-hydrogen) atoms. The fourth-order valence-electron chi connectivity index (χ4n) is 18.0. The highest BCUT2D eigenvalue weighted by Gasteiger charge is 2.64. The topological polar surface area (TPSA) is 999 Å². The number of carbonyl (C=O) groups is 2. The Morgan fingerprint density at radius 2 is 0.388 bits per heavy atom. The van der Waals surface area contributed by atoms with Crippen LogP contribution in [0.2, 0.25) is 0 Å². The van der Waals surface area contributed by atoms with Gasteiger partial charge in [0.05, 0.1) is 79.3 Å². The molecule has 0 saturated carbocycles. The summed E-state index contributed by atoms with van der Waals surface area (Å²) in [5, 5.41) is 408. The molecule has 0 spiro atoms. The molecule has 2 amide bonds. The summed E-state index contributed by atoms with van der Waals surface area (Å²) in [5.41, 5.74) is 0. The van der Waals surface area contributed by atoms with Gasteiger partial charge in [-0.1, -0.05) is 0 Å². The van der Waals surface area contributed by atoms with E-state index in [2.05, 4.69) is 10.6 Å². The minimum absolute atomic E-state index is 0.825. The number of carbonyl (C=O) groups excluding carboxylic acids is 2. The molecule has 12 aliphatic heterocycles. The van der Waals surface area contributed by atoms with Crippen molar-refractivity contribution in [2.24, 2.45) is 0 Å². The van der Waals surface area contributed by atoms with Crippen LogP contribution in [0.4, 0.5) is 0 Å². The number of aliphatic hydroxyl groups is 36. The van der Waals surface area contributed by atoms with Crippen LogP contribution in [0.5, 0.6) is 0 Å². The van der Waals surface area contributed by atoms with Gasteiger partial charge < -0.3 is 303 Å². The molecule has 0 radical (unpaired) electrons. The van der Waals surface area contributed by atoms with E-state index in [1.54, 1.807) is 0 Å². The molecule has 0 aromatic carbocycles. The van der Waals surface area contributed by atoms with Crippen molar-refractivity contribution in [2.45, 2.75) is 382 Å². The lowest BCUT2D eigenvalue weighted by Gasteiger charge is -2.51. The number of hydrogen-bond acceptors (Lipinski definition) is 61. The first-order valence-corrected chi connectivity index (χ1v) is 44.2. The van der Waals surface area contributed by atoms with Gasteiger partial charge in [-0.2, -0.15) is 0 Å². The molecule has 0 aliphatic carbocycles. The molecule has 12 saturated heterocycles. The molecule has 63 heteroatoms. The Bertz CT molecular complexity index is 3730. The molecule has 60 atom stereocenters. The maximum atomic E-state index is 13.1. The summed E-state index contributed by atoms with van der Waals surface area (Å²) in [6, 6.07) is -3.70. The van der Waals surface area contributed by atoms with Crippen LogP contribution in [0.1, 0.15) is 13.8 Å². The third-order valence-corrected chi connectivity index (χ3v) is 25.9. The number of rotatable bonds is 36. The second kappa shape index (κ2) is 49.8. The lowest BCUT2D eigenvalue weighted by molar-refractivity contribution is -0.413. The number of ether oxygens (including phenoxy) is 23. The van der Waals surface area contributed by atoms with Crippen molar-refractivity contribution >= 4 is 11.8 Å². The Morgan fingerprint density at radius 1 is 0.187 bits per heavy atom. The van der Waals surface area contributed by atoms with Crippen molar-refractivity contribution < 1.29 is 302 Å². The van der Waals surface area contributed by atoms with Gasteiger partial charge in [0, 0.05) is 13.8 Å². The van der Waals surface area contributed by atoms with Crippen molar-refractivity contribution in [1.29, 1.82) is 0 Å². The fourth-order valence-corrected chi connectivity index (χ4v) is 18.0. The van der Waals surface area contributed by atoms with Crippen LogP contribution in [0.15, 0.2) is 0 Å². The highest BCUT2D eigenvalue weighted by Crippen LogP contribution is 2.43. The summed E-state index contributed by atoms with van der Waals surface area (Å²) in [5.74, 6) is -1.82. The van der Waals surface area contributed by atoms with E-state index in [4.69, 9.17) is 109 Å². The zero-order valence-electron chi connectivity index (χ0n) is 73.4. The molecule has 12 rings (SSSR count). The highest BCUT2D eigenvalue weighted by atomic mass is 16.8. The van der Waals surface area contributed by atoms with Gasteiger partial charge >= 0.3 is 0 Å². The zero-order valence-corrected chi connectivity index (χ0v) is 73.4. The summed E-state index contributed by atoms with van der Waals surface area (Å²) in [4.78, 5) is 25.3. The molecule has 12 fully saturated rings. The predicted octanol–water partition coefficient (Wildman–Crippen LogP) is -26.9. The Hall–Kier alpha value is -3.42. The molecular weight excluding hydrogens is 1920 g/mol. The van der Waals surface area contributed by atoms with E-state index < -0.39 is 459 Å². The predicted molar refractivity (Wildman–Crippen MR) is 418 cm³/mol. The minimum Gasteiger partial charge on any atom is -0.394 e. The maximum absolute atomic E-state index is 13.1. The molecule has 63 nitrogen and oxygen atoms in total. The lowest BCUT2D eigenvalue weighted by Crippen LogP contribution is -2.70. The van der Waals surface area contributed by atoms with Crippen LogP contribution in [0, 0.1) is 0 Å². The van der Waals surface area contributed by atoms with Crippen molar-refractivity contribution in [1.82, 2.24) is 10.6 Å². The largest absolute Gasteiger partial charge is 0.394 e. The summed E-state index contributed by atoms with van der Waals surface area (Å²) in [7, 11) is 0. The second-order valence-corrected chi connectivity index (χ2v) is 35.1. The van der Waals surface area contributed by atoms with E-state index in [0.717, 1.165) is 13.8 Å². The molecule has 808 valence electrons. The fraction of sp³-hybridized carbons (Fsp3) is 0.974. The number of amides is 2. The summed E-state index contributed by atoms with van der Waals surface area (Å²) in [6.07, 6.45) is -129. The first-order valence-electron chi connectivity index (χ1n) is 44.2. The minimum atomic E-state index is -2.70. The van der Waals surface area contributed by atoms with Crippen molar-refractivity contribution in [3.63, 3.8) is 0 Å². The van der Waals surface area contributed by atoms with Gasteiger partial charge in [0.25, 0.3) is 0 Å². The van der Waals surface area contributed by atoms with Gasteiger partial charge in [-0.25, -0.2) is 0 Å². The van der Waals surface area contributed by atoms with E-state index >= 15 is 0 Å². The van der Waals surface area contributed by atoms with Crippen LogP contribution < -0.4 is 10.6 Å². The van der Waals surface area contributed by atoms with E-state index in [0.29, 0.717) is 0 Å². The van der Waals surface area contributed by atoms with E-state index in [9.17, 15) is 193 Å². The van der Waals surface area contributed by atoms with Crippen LogP contribution in [-0.2, 0) is 119 Å². The summed E-state index contributed by atoms with van der Waals surface area (Å²) in [6.45, 7) is -12.2. The second-order valence-electron chi connectivity index (χ2n) is 35.1. The van der Waals surface area contributed by atoms with Crippen molar-refractivity contribution in [3.05, 3.63) is 0 Å². The average Bonchev–Trinajstić information content (AvgIpc) is 0.748. The van der Waals surface area contributed by atoms with Gasteiger partial charge in [0.15, 0.2) is 75.5 Å². The number of nitrogens with one attached hydrogen (secondary N) is 2. The van der Waals surface area contributed by atoms with E-state index in [1.165, 1.54) is 0 Å². The zero-order chi connectivity index (χ0) is 102. The monoisotopic (exact) mass is 2040 g/mol. The molecule has 12 aliphatic rings. The van der Waals surface area contributed by atoms with Crippen LogP contribution in [-0.4, -0.2) is 643 Å². The average molecular weight is 2050 g/mol. The quantitative estimate of drug-likeness (QED) is 0.0277. The summed E-state index contributed by atoms with van der Waals surface area (Å²) < 4.78 is 135. The van der Waals surface area contributed by atoms with Crippen molar-refractivity contribution in [2.75, 3.05) is 79.3 Å². The van der Waals surface area contributed by atoms with Crippen LogP contribution in [0.3, 0.4) is 0 Å². The van der Waals surface area contributed by atoms with Gasteiger partial charge in [-0.15, -0.1) is 0 Å². The van der Waals surface area contributed by atoms with E-state index in [-0.39, 0.29) is 0 Å². The normalized spacial score (nSPS) is 51.9. The van der Waals surface area contributed by atoms with Crippen molar-refractivity contribution in [3.8, 4) is 0 Å². The first-order chi connectivity index (χ1) is 65.9. The number of hydrogen-bond donors (Lipinski definition) is 38. The van der Waals surface area contributed by atoms with Crippen LogP contribution in [0.25, 0.3) is 0 Å². The standard InChI is InChI=1S/C76H128N2O61/c1-15(90)77-29-41(102)55(26(12-88)118-65(29)116)130-66-30(78-16(2)91)42(103)56(27(13-89)128-66)131-72-54(115)60(40(101)28(129-72)14-117-67-51(112)57(37(98)23(9-85)119-67)133-73-61(45(106)33(94)19(5-81)124-73)136-68-49(110)43(104)31(92)17(3-79)120-68)135-75-64(48(109)36(97)21(7-83)126-75)139-76-63(47(108)35(96)22(8-84)127-76)138-71-52(113)58(38(99)24(10-86)123-71)132-70-53(114)59(39(100)25(11-87)122-70)134-74-62(46(107)34(95)20(6-82)125-74)137-69-50(111)44(105)32(93)18(4-80)121-69/h17-76,79-89,92-116H,3-14H2,1-2H3,(H,77,90)(H,78,91)/t17-,18-,19-,20-,21-,22-,23-,24-,25-,26-,27-,28-,29-,30-,31-,32-,33-,34-,35-,36-,37-,38-,39-,40-,41-,42-,43+,44+,45-,46+,47+,48+,49+,50-,51+,52+,53-,54+,55-,56-,57+,58+,59+,60+,61+,62-,63+,64+,65?,66+,67+,68-,69-,70-,71-,72+,73-,74-,75-,76-/m1/s1.